The molecule has 2 aromatic rings. The Morgan fingerprint density at radius 3 is 2.84 bits per heavy atom. The topological polar surface area (TPSA) is 59.8 Å². The molecule has 25 heavy (non-hydrogen) atoms. The van der Waals surface area contributed by atoms with Crippen molar-refractivity contribution in [2.45, 2.75) is 38.8 Å². The van der Waals surface area contributed by atoms with Crippen molar-refractivity contribution in [1.29, 1.82) is 0 Å². The second-order valence-electron chi connectivity index (χ2n) is 7.19. The highest BCUT2D eigenvalue weighted by Gasteiger charge is 2.25. The number of hydrogen-bond donors (Lipinski definition) is 1. The molecule has 0 radical (unpaired) electrons. The normalized spacial score (nSPS) is 17.8. The summed E-state index contributed by atoms with van der Waals surface area (Å²) in [5, 5.41) is 10.6. The van der Waals surface area contributed by atoms with E-state index in [1.807, 2.05) is 18.2 Å². The molecular weight excluding hydrogens is 318 g/mol. The average Bonchev–Trinajstić information content (AvgIpc) is 3.18. The molecule has 6 heteroatoms. The molecule has 4 rings (SSSR count). The fraction of sp³-hybridized carbons (Fsp3) is 0.526. The predicted molar refractivity (Wildman–Crippen MR) is 93.8 cm³/mol. The Kier molecular flexibility index (Phi) is 4.17. The Morgan fingerprint density at radius 2 is 2.04 bits per heavy atom. The highest BCUT2D eigenvalue weighted by Crippen LogP contribution is 2.34. The minimum atomic E-state index is -0.552. The zero-order valence-corrected chi connectivity index (χ0v) is 15.0. The lowest BCUT2D eigenvalue weighted by Gasteiger charge is -2.28. The fourth-order valence-electron chi connectivity index (χ4n) is 3.75. The zero-order valence-electron chi connectivity index (χ0n) is 15.0. The number of benzene rings is 1. The van der Waals surface area contributed by atoms with Crippen LogP contribution >= 0.6 is 0 Å². The molecule has 0 saturated carbocycles. The van der Waals surface area contributed by atoms with Crippen molar-refractivity contribution in [2.24, 2.45) is 7.05 Å². The van der Waals surface area contributed by atoms with Crippen molar-refractivity contribution in [3.8, 4) is 11.5 Å². The molecule has 0 bridgehead atoms. The maximum atomic E-state index is 10.6. The first-order valence-corrected chi connectivity index (χ1v) is 8.87. The van der Waals surface area contributed by atoms with Crippen molar-refractivity contribution in [1.82, 2.24) is 14.5 Å². The van der Waals surface area contributed by atoms with Crippen LogP contribution in [0.1, 0.15) is 48.6 Å². The minimum absolute atomic E-state index is 0.252. The van der Waals surface area contributed by atoms with Crippen LogP contribution in [-0.4, -0.2) is 39.4 Å². The summed E-state index contributed by atoms with van der Waals surface area (Å²) in [6, 6.07) is 5.65. The summed E-state index contributed by atoms with van der Waals surface area (Å²) in [7, 11) is 2.11. The minimum Gasteiger partial charge on any atom is -0.454 e. The molecule has 0 aliphatic carbocycles. The molecule has 3 heterocycles. The third-order valence-corrected chi connectivity index (χ3v) is 5.10. The van der Waals surface area contributed by atoms with Crippen molar-refractivity contribution >= 4 is 0 Å². The van der Waals surface area contributed by atoms with Gasteiger partial charge in [-0.1, -0.05) is 19.9 Å². The van der Waals surface area contributed by atoms with E-state index in [1.165, 1.54) is 5.69 Å². The molecule has 1 aromatic carbocycles. The van der Waals surface area contributed by atoms with Gasteiger partial charge in [-0.25, -0.2) is 4.98 Å². The smallest absolute Gasteiger partial charge is 0.231 e. The molecule has 0 spiro atoms. The van der Waals surface area contributed by atoms with Crippen LogP contribution in [-0.2, 0) is 20.0 Å². The van der Waals surface area contributed by atoms with Crippen LogP contribution in [0, 0.1) is 0 Å². The number of fused-ring (bicyclic) bond motifs is 2. The van der Waals surface area contributed by atoms with Crippen LogP contribution < -0.4 is 9.47 Å². The molecule has 0 saturated heterocycles. The van der Waals surface area contributed by atoms with Gasteiger partial charge in [-0.3, -0.25) is 4.90 Å². The third kappa shape index (κ3) is 3.00. The highest BCUT2D eigenvalue weighted by molar-refractivity contribution is 5.45. The van der Waals surface area contributed by atoms with E-state index < -0.39 is 6.10 Å². The number of aliphatic hydroxyl groups is 1. The molecule has 1 aromatic heterocycles. The summed E-state index contributed by atoms with van der Waals surface area (Å²) in [6.07, 6.45) is 0.420. The molecule has 134 valence electrons. The van der Waals surface area contributed by atoms with Gasteiger partial charge in [0.1, 0.15) is 5.82 Å². The Labute approximate surface area is 148 Å². The molecule has 0 fully saturated rings. The lowest BCUT2D eigenvalue weighted by Crippen LogP contribution is -2.34. The number of hydrogen-bond acceptors (Lipinski definition) is 5. The number of imidazole rings is 1. The third-order valence-electron chi connectivity index (χ3n) is 5.10. The summed E-state index contributed by atoms with van der Waals surface area (Å²) in [5.41, 5.74) is 3.34. The van der Waals surface area contributed by atoms with Crippen molar-refractivity contribution in [3.63, 3.8) is 0 Å². The van der Waals surface area contributed by atoms with E-state index in [4.69, 9.17) is 14.5 Å². The van der Waals surface area contributed by atoms with E-state index in [2.05, 4.69) is 30.4 Å². The van der Waals surface area contributed by atoms with E-state index >= 15 is 0 Å². The van der Waals surface area contributed by atoms with Crippen LogP contribution in [0.3, 0.4) is 0 Å². The predicted octanol–water partition coefficient (Wildman–Crippen LogP) is 2.36. The van der Waals surface area contributed by atoms with Gasteiger partial charge in [0, 0.05) is 44.7 Å². The number of ether oxygens (including phenoxy) is 2. The number of rotatable bonds is 4. The van der Waals surface area contributed by atoms with Gasteiger partial charge in [-0.2, -0.15) is 0 Å². The van der Waals surface area contributed by atoms with Crippen LogP contribution in [0.15, 0.2) is 18.2 Å². The quantitative estimate of drug-likeness (QED) is 0.923. The maximum absolute atomic E-state index is 10.6. The second kappa shape index (κ2) is 6.35. The Hall–Kier alpha value is -2.05. The van der Waals surface area contributed by atoms with Crippen LogP contribution in [0.4, 0.5) is 0 Å². The van der Waals surface area contributed by atoms with Crippen LogP contribution in [0.2, 0.25) is 0 Å². The lowest BCUT2D eigenvalue weighted by molar-refractivity contribution is 0.104. The first-order chi connectivity index (χ1) is 12.0. The van der Waals surface area contributed by atoms with E-state index in [0.717, 1.165) is 42.3 Å². The van der Waals surface area contributed by atoms with E-state index in [-0.39, 0.29) is 6.79 Å². The molecule has 6 nitrogen and oxygen atoms in total. The van der Waals surface area contributed by atoms with Crippen molar-refractivity contribution < 1.29 is 14.6 Å². The summed E-state index contributed by atoms with van der Waals surface area (Å²) in [4.78, 5) is 7.10. The summed E-state index contributed by atoms with van der Waals surface area (Å²) in [6.45, 7) is 6.92. The summed E-state index contributed by atoms with van der Waals surface area (Å²) in [5.74, 6) is 3.02. The van der Waals surface area contributed by atoms with Gasteiger partial charge >= 0.3 is 0 Å². The van der Waals surface area contributed by atoms with E-state index in [0.29, 0.717) is 18.2 Å². The van der Waals surface area contributed by atoms with E-state index in [9.17, 15) is 5.11 Å². The van der Waals surface area contributed by atoms with Gasteiger partial charge < -0.3 is 19.1 Å². The Balaban J connectivity index is 1.46. The number of nitrogens with zero attached hydrogens (tertiary/aromatic N) is 3. The van der Waals surface area contributed by atoms with Crippen LogP contribution in [0.25, 0.3) is 0 Å². The molecule has 1 N–H and O–H groups in total. The number of aromatic nitrogens is 2. The largest absolute Gasteiger partial charge is 0.454 e. The Morgan fingerprint density at radius 1 is 1.24 bits per heavy atom. The summed E-state index contributed by atoms with van der Waals surface area (Å²) >= 11 is 0. The maximum Gasteiger partial charge on any atom is 0.231 e. The molecule has 2 aliphatic heterocycles. The summed E-state index contributed by atoms with van der Waals surface area (Å²) < 4.78 is 13.0. The van der Waals surface area contributed by atoms with Crippen molar-refractivity contribution in [3.05, 3.63) is 41.0 Å². The lowest BCUT2D eigenvalue weighted by atomic mass is 10.1. The monoisotopic (exact) mass is 343 g/mol. The molecule has 2 aliphatic rings. The SMILES string of the molecule is CC(C)c1nc2c(n1C)CCN(CC(O)c1ccc3c(c1)OCO3)C2. The van der Waals surface area contributed by atoms with Gasteiger partial charge in [0.2, 0.25) is 6.79 Å². The first-order valence-electron chi connectivity index (χ1n) is 8.87. The fourth-order valence-corrected chi connectivity index (χ4v) is 3.75. The molecule has 1 atom stereocenters. The molecular formula is C19H25N3O3. The standard InChI is InChI=1S/C19H25N3O3/c1-12(2)19-20-14-9-22(7-6-15(14)21(19)3)10-16(23)13-4-5-17-18(8-13)25-11-24-17/h4-5,8,12,16,23H,6-7,9-11H2,1-3H3. The highest BCUT2D eigenvalue weighted by atomic mass is 16.7. The van der Waals surface area contributed by atoms with Gasteiger partial charge in [-0.05, 0) is 17.7 Å². The van der Waals surface area contributed by atoms with Gasteiger partial charge in [0.25, 0.3) is 0 Å². The molecule has 1 unspecified atom stereocenters. The van der Waals surface area contributed by atoms with Crippen molar-refractivity contribution in [2.75, 3.05) is 19.9 Å². The van der Waals surface area contributed by atoms with E-state index in [1.54, 1.807) is 0 Å². The number of aliphatic hydroxyl groups excluding tert-OH is 1. The van der Waals surface area contributed by atoms with Crippen LogP contribution in [0.5, 0.6) is 11.5 Å². The first kappa shape index (κ1) is 16.4. The van der Waals surface area contributed by atoms with Gasteiger partial charge in [0.05, 0.1) is 11.8 Å². The Bertz CT molecular complexity index is 784. The number of β-amino-alcohol motifs (C(OH)–C–C–N with tert-alkyl or cyclic N) is 1. The average molecular weight is 343 g/mol. The van der Waals surface area contributed by atoms with Gasteiger partial charge in [-0.15, -0.1) is 0 Å². The molecule has 0 amide bonds. The zero-order chi connectivity index (χ0) is 17.6. The second-order valence-corrected chi connectivity index (χ2v) is 7.19. The van der Waals surface area contributed by atoms with Gasteiger partial charge in [0.15, 0.2) is 11.5 Å².